The van der Waals surface area contributed by atoms with Crippen LogP contribution in [0.15, 0.2) is 63.0 Å². The normalized spacial score (nSPS) is 12.2. The van der Waals surface area contributed by atoms with Crippen LogP contribution >= 0.6 is 0 Å². The molecule has 4 rings (SSSR count). The number of carbonyl (C=O) groups is 1. The van der Waals surface area contributed by atoms with Crippen LogP contribution in [0.2, 0.25) is 0 Å². The molecule has 29 heavy (non-hydrogen) atoms. The lowest BCUT2D eigenvalue weighted by Crippen LogP contribution is -2.41. The largest absolute Gasteiger partial charge is 0.446 e. The van der Waals surface area contributed by atoms with Gasteiger partial charge in [0.15, 0.2) is 0 Å². The number of hydrogen-bond acceptors (Lipinski definition) is 7. The minimum Gasteiger partial charge on any atom is -0.446 e. The van der Waals surface area contributed by atoms with Gasteiger partial charge >= 0.3 is 5.69 Å². The quantitative estimate of drug-likeness (QED) is 0.484. The van der Waals surface area contributed by atoms with Gasteiger partial charge in [0.05, 0.1) is 30.0 Å². The first-order valence-corrected chi connectivity index (χ1v) is 8.83. The second-order valence-electron chi connectivity index (χ2n) is 6.47. The lowest BCUT2D eigenvalue weighted by molar-refractivity contribution is -0.122. The highest BCUT2D eigenvalue weighted by Gasteiger charge is 2.15. The molecule has 0 radical (unpaired) electrons. The summed E-state index contributed by atoms with van der Waals surface area (Å²) in [5.74, 6) is -0.135. The van der Waals surface area contributed by atoms with Crippen molar-refractivity contribution in [1.82, 2.24) is 34.7 Å². The molecule has 0 saturated carbocycles. The third kappa shape index (κ3) is 3.70. The molecule has 0 fully saturated rings. The van der Waals surface area contributed by atoms with Crippen LogP contribution in [0.5, 0.6) is 0 Å². The Labute approximate surface area is 163 Å². The number of para-hydroxylation sites is 1. The highest BCUT2D eigenvalue weighted by atomic mass is 16.3. The van der Waals surface area contributed by atoms with E-state index in [0.29, 0.717) is 10.9 Å². The number of tetrazole rings is 1. The predicted molar refractivity (Wildman–Crippen MR) is 101 cm³/mol. The molecule has 148 valence electrons. The number of fused-ring (bicyclic) bond motifs is 1. The van der Waals surface area contributed by atoms with Gasteiger partial charge in [-0.3, -0.25) is 14.2 Å². The molecule has 3 aromatic heterocycles. The highest BCUT2D eigenvalue weighted by molar-refractivity contribution is 5.78. The fourth-order valence-electron chi connectivity index (χ4n) is 2.92. The first-order valence-electron chi connectivity index (χ1n) is 8.83. The number of rotatable bonds is 6. The molecule has 0 aliphatic carbocycles. The summed E-state index contributed by atoms with van der Waals surface area (Å²) in [6.45, 7) is 1.64. The van der Waals surface area contributed by atoms with E-state index in [1.54, 1.807) is 43.3 Å². The zero-order chi connectivity index (χ0) is 20.4. The molecule has 3 heterocycles. The maximum atomic E-state index is 12.5. The van der Waals surface area contributed by atoms with Crippen LogP contribution in [0.1, 0.15) is 6.92 Å². The average molecular weight is 395 g/mol. The molecular weight excluding hydrogens is 378 g/mol. The highest BCUT2D eigenvalue weighted by Crippen LogP contribution is 2.04. The summed E-state index contributed by atoms with van der Waals surface area (Å²) < 4.78 is 8.52. The lowest BCUT2D eigenvalue weighted by Gasteiger charge is -2.13. The Bertz CT molecular complexity index is 1270. The maximum absolute atomic E-state index is 12.5. The Morgan fingerprint density at radius 2 is 2.00 bits per heavy atom. The summed E-state index contributed by atoms with van der Waals surface area (Å²) in [4.78, 5) is 41.3. The van der Waals surface area contributed by atoms with E-state index in [4.69, 9.17) is 4.42 Å². The third-order valence-electron chi connectivity index (χ3n) is 4.25. The van der Waals surface area contributed by atoms with E-state index >= 15 is 0 Å². The molecule has 1 amide bonds. The van der Waals surface area contributed by atoms with Gasteiger partial charge < -0.3 is 9.73 Å². The average Bonchev–Trinajstić information content (AvgIpc) is 3.35. The standard InChI is InChI=1S/C18H17N7O4/c1-12(9-24-18(28)25(22-21-24)16-7-4-8-29-16)20-15(26)10-23-11-19-14-6-3-2-5-13(14)17(23)27/h2-8,11-12H,9-10H2,1H3,(H,20,26)/t12-/m0/s1. The summed E-state index contributed by atoms with van der Waals surface area (Å²) in [5, 5.41) is 10.7. The van der Waals surface area contributed by atoms with Gasteiger partial charge in [-0.15, -0.1) is 4.68 Å². The molecule has 0 aliphatic heterocycles. The lowest BCUT2D eigenvalue weighted by atomic mass is 10.2. The van der Waals surface area contributed by atoms with Gasteiger partial charge in [0, 0.05) is 12.1 Å². The van der Waals surface area contributed by atoms with Crippen LogP contribution in [-0.2, 0) is 17.9 Å². The van der Waals surface area contributed by atoms with Gasteiger partial charge in [-0.1, -0.05) is 12.1 Å². The summed E-state index contributed by atoms with van der Waals surface area (Å²) in [6, 6.07) is 9.72. The van der Waals surface area contributed by atoms with E-state index in [1.165, 1.54) is 17.2 Å². The van der Waals surface area contributed by atoms with Crippen molar-refractivity contribution in [2.24, 2.45) is 0 Å². The summed E-state index contributed by atoms with van der Waals surface area (Å²) in [7, 11) is 0. The monoisotopic (exact) mass is 395 g/mol. The van der Waals surface area contributed by atoms with Crippen LogP contribution in [0.25, 0.3) is 16.8 Å². The van der Waals surface area contributed by atoms with E-state index in [-0.39, 0.29) is 30.4 Å². The number of aromatic nitrogens is 6. The van der Waals surface area contributed by atoms with Gasteiger partial charge in [0.1, 0.15) is 6.54 Å². The first kappa shape index (κ1) is 18.3. The van der Waals surface area contributed by atoms with Crippen molar-refractivity contribution in [2.45, 2.75) is 26.1 Å². The number of nitrogens with one attached hydrogen (secondary N) is 1. The number of carbonyl (C=O) groups excluding carboxylic acids is 1. The molecule has 1 N–H and O–H groups in total. The molecule has 1 aromatic carbocycles. The Morgan fingerprint density at radius 3 is 2.79 bits per heavy atom. The van der Waals surface area contributed by atoms with E-state index < -0.39 is 11.7 Å². The van der Waals surface area contributed by atoms with Crippen molar-refractivity contribution >= 4 is 16.8 Å². The second-order valence-corrected chi connectivity index (χ2v) is 6.47. The number of hydrogen-bond donors (Lipinski definition) is 1. The number of amides is 1. The number of benzene rings is 1. The maximum Gasteiger partial charge on any atom is 0.371 e. The van der Waals surface area contributed by atoms with Crippen LogP contribution in [0, 0.1) is 0 Å². The van der Waals surface area contributed by atoms with Crippen LogP contribution in [-0.4, -0.2) is 41.3 Å². The summed E-state index contributed by atoms with van der Waals surface area (Å²) in [5.41, 5.74) is -0.214. The zero-order valence-electron chi connectivity index (χ0n) is 15.4. The van der Waals surface area contributed by atoms with Gasteiger partial charge in [-0.25, -0.2) is 9.78 Å². The minimum atomic E-state index is -0.490. The van der Waals surface area contributed by atoms with Gasteiger partial charge in [-0.2, -0.15) is 4.68 Å². The van der Waals surface area contributed by atoms with Gasteiger partial charge in [0.25, 0.3) is 5.56 Å². The van der Waals surface area contributed by atoms with Crippen molar-refractivity contribution in [1.29, 1.82) is 0 Å². The van der Waals surface area contributed by atoms with E-state index in [2.05, 4.69) is 20.7 Å². The summed E-state index contributed by atoms with van der Waals surface area (Å²) >= 11 is 0. The fourth-order valence-corrected chi connectivity index (χ4v) is 2.92. The Balaban J connectivity index is 1.42. The predicted octanol–water partition coefficient (Wildman–Crippen LogP) is -0.0632. The molecule has 11 heteroatoms. The summed E-state index contributed by atoms with van der Waals surface area (Å²) in [6.07, 6.45) is 2.77. The fraction of sp³-hybridized carbons (Fsp3) is 0.222. The molecule has 0 unspecified atom stereocenters. The molecule has 4 aromatic rings. The Morgan fingerprint density at radius 1 is 1.17 bits per heavy atom. The smallest absolute Gasteiger partial charge is 0.371 e. The topological polar surface area (TPSA) is 130 Å². The van der Waals surface area contributed by atoms with Crippen molar-refractivity contribution in [2.75, 3.05) is 0 Å². The molecule has 0 aliphatic rings. The van der Waals surface area contributed by atoms with Gasteiger partial charge in [0.2, 0.25) is 11.8 Å². The van der Waals surface area contributed by atoms with Crippen molar-refractivity contribution in [3.63, 3.8) is 0 Å². The van der Waals surface area contributed by atoms with E-state index in [0.717, 1.165) is 9.36 Å². The molecule has 0 spiro atoms. The van der Waals surface area contributed by atoms with Gasteiger partial charge in [-0.05, 0) is 35.5 Å². The van der Waals surface area contributed by atoms with Crippen molar-refractivity contribution in [3.8, 4) is 5.88 Å². The van der Waals surface area contributed by atoms with Crippen molar-refractivity contribution < 1.29 is 9.21 Å². The molecule has 0 bridgehead atoms. The number of furan rings is 1. The van der Waals surface area contributed by atoms with Crippen LogP contribution in [0.4, 0.5) is 0 Å². The Hall–Kier alpha value is -4.02. The Kier molecular flexibility index (Phi) is 4.77. The molecule has 0 saturated heterocycles. The first-order chi connectivity index (χ1) is 14.0. The van der Waals surface area contributed by atoms with Crippen LogP contribution < -0.4 is 16.6 Å². The van der Waals surface area contributed by atoms with Crippen molar-refractivity contribution in [3.05, 3.63) is 69.8 Å². The zero-order valence-corrected chi connectivity index (χ0v) is 15.4. The molecular formula is C18H17N7O4. The van der Waals surface area contributed by atoms with E-state index in [9.17, 15) is 14.4 Å². The number of nitrogens with zero attached hydrogens (tertiary/aromatic N) is 6. The third-order valence-corrected chi connectivity index (χ3v) is 4.25. The molecule has 1 atom stereocenters. The minimum absolute atomic E-state index is 0.107. The van der Waals surface area contributed by atoms with E-state index in [1.807, 2.05) is 0 Å². The SMILES string of the molecule is C[C@@H](Cn1nnn(-c2ccco2)c1=O)NC(=O)Cn1cnc2ccccc2c1=O. The van der Waals surface area contributed by atoms with Crippen LogP contribution in [0.3, 0.4) is 0 Å². The second kappa shape index (κ2) is 7.54. The molecule has 11 nitrogen and oxygen atoms in total.